The van der Waals surface area contributed by atoms with Crippen molar-refractivity contribution < 1.29 is 9.90 Å². The van der Waals surface area contributed by atoms with Crippen molar-refractivity contribution in [2.75, 3.05) is 0 Å². The summed E-state index contributed by atoms with van der Waals surface area (Å²) in [6.45, 7) is 3.95. The van der Waals surface area contributed by atoms with Crippen LogP contribution in [0.5, 0.6) is 0 Å². The van der Waals surface area contributed by atoms with E-state index in [0.717, 1.165) is 11.1 Å². The van der Waals surface area contributed by atoms with Crippen molar-refractivity contribution in [1.29, 1.82) is 0 Å². The van der Waals surface area contributed by atoms with Gasteiger partial charge in [-0.1, -0.05) is 42.0 Å². The Balaban J connectivity index is 2.85. The molecule has 2 heteroatoms. The third kappa shape index (κ3) is 3.58. The minimum absolute atomic E-state index is 0.430. The molecule has 0 saturated carbocycles. The predicted octanol–water partition coefficient (Wildman–Crippen LogP) is 3.21. The Morgan fingerprint density at radius 1 is 1.33 bits per heavy atom. The lowest BCUT2D eigenvalue weighted by molar-refractivity contribution is -0.138. The summed E-state index contributed by atoms with van der Waals surface area (Å²) in [5.74, 6) is -1.19. The van der Waals surface area contributed by atoms with Crippen LogP contribution < -0.4 is 0 Å². The molecular formula is C13H16O2. The number of carboxylic acid groups (broad SMARTS) is 1. The van der Waals surface area contributed by atoms with Gasteiger partial charge in [-0.25, -0.2) is 0 Å². The minimum atomic E-state index is -0.765. The number of carboxylic acids is 1. The van der Waals surface area contributed by atoms with Crippen molar-refractivity contribution in [3.05, 3.63) is 47.5 Å². The van der Waals surface area contributed by atoms with Gasteiger partial charge >= 0.3 is 5.97 Å². The molecule has 0 spiro atoms. The normalized spacial score (nSPS) is 11.9. The Labute approximate surface area is 90.3 Å². The molecule has 0 heterocycles. The summed E-state index contributed by atoms with van der Waals surface area (Å²) < 4.78 is 0. The molecular weight excluding hydrogens is 188 g/mol. The van der Waals surface area contributed by atoms with Gasteiger partial charge < -0.3 is 5.11 Å². The van der Waals surface area contributed by atoms with E-state index in [0.29, 0.717) is 6.42 Å². The van der Waals surface area contributed by atoms with Crippen molar-refractivity contribution in [2.24, 2.45) is 0 Å². The summed E-state index contributed by atoms with van der Waals surface area (Å²) in [5.41, 5.74) is 2.01. The molecule has 15 heavy (non-hydrogen) atoms. The van der Waals surface area contributed by atoms with Crippen molar-refractivity contribution in [2.45, 2.75) is 26.2 Å². The van der Waals surface area contributed by atoms with E-state index >= 15 is 0 Å². The summed E-state index contributed by atoms with van der Waals surface area (Å²) in [4.78, 5) is 11.1. The second kappa shape index (κ2) is 5.35. The topological polar surface area (TPSA) is 37.3 Å². The highest BCUT2D eigenvalue weighted by Gasteiger charge is 2.17. The molecule has 0 bridgehead atoms. The van der Waals surface area contributed by atoms with Crippen LogP contribution in [0, 0.1) is 0 Å². The molecule has 0 saturated heterocycles. The fraction of sp³-hybridized carbons (Fsp3) is 0.308. The largest absolute Gasteiger partial charge is 0.481 e. The molecule has 0 unspecified atom stereocenters. The predicted molar refractivity (Wildman–Crippen MR) is 60.9 cm³/mol. The van der Waals surface area contributed by atoms with E-state index in [1.165, 1.54) is 0 Å². The van der Waals surface area contributed by atoms with E-state index in [1.807, 2.05) is 50.3 Å². The van der Waals surface area contributed by atoms with Gasteiger partial charge in [0.1, 0.15) is 0 Å². The third-order valence-electron chi connectivity index (χ3n) is 2.26. The van der Waals surface area contributed by atoms with Crippen LogP contribution >= 0.6 is 0 Å². The SMILES string of the molecule is CC(C)=CC[C@@H](C(=O)O)c1ccccc1. The van der Waals surface area contributed by atoms with E-state index in [1.54, 1.807) is 0 Å². The zero-order valence-electron chi connectivity index (χ0n) is 9.10. The third-order valence-corrected chi connectivity index (χ3v) is 2.26. The van der Waals surface area contributed by atoms with Crippen molar-refractivity contribution in [1.82, 2.24) is 0 Å². The summed E-state index contributed by atoms with van der Waals surface area (Å²) in [5, 5.41) is 9.11. The zero-order chi connectivity index (χ0) is 11.3. The zero-order valence-corrected chi connectivity index (χ0v) is 9.10. The van der Waals surface area contributed by atoms with E-state index in [9.17, 15) is 4.79 Å². The second-order valence-corrected chi connectivity index (χ2v) is 3.82. The van der Waals surface area contributed by atoms with Crippen LogP contribution in [-0.4, -0.2) is 11.1 Å². The number of aliphatic carboxylic acids is 1. The molecule has 0 fully saturated rings. The molecule has 0 aliphatic heterocycles. The van der Waals surface area contributed by atoms with Crippen molar-refractivity contribution in [3.8, 4) is 0 Å². The van der Waals surface area contributed by atoms with Gasteiger partial charge in [-0.15, -0.1) is 0 Å². The first-order valence-corrected chi connectivity index (χ1v) is 5.02. The second-order valence-electron chi connectivity index (χ2n) is 3.82. The average molecular weight is 204 g/mol. The van der Waals surface area contributed by atoms with Crippen LogP contribution in [0.15, 0.2) is 42.0 Å². The van der Waals surface area contributed by atoms with Gasteiger partial charge in [0.25, 0.3) is 0 Å². The van der Waals surface area contributed by atoms with E-state index in [2.05, 4.69) is 0 Å². The van der Waals surface area contributed by atoms with Crippen LogP contribution in [0.2, 0.25) is 0 Å². The van der Waals surface area contributed by atoms with E-state index in [4.69, 9.17) is 5.11 Å². The lowest BCUT2D eigenvalue weighted by Gasteiger charge is -2.10. The van der Waals surface area contributed by atoms with Crippen LogP contribution in [-0.2, 0) is 4.79 Å². The highest BCUT2D eigenvalue weighted by Crippen LogP contribution is 2.20. The molecule has 0 aliphatic rings. The molecule has 1 N–H and O–H groups in total. The monoisotopic (exact) mass is 204 g/mol. The number of allylic oxidation sites excluding steroid dienone is 2. The Hall–Kier alpha value is -1.57. The minimum Gasteiger partial charge on any atom is -0.481 e. The molecule has 0 amide bonds. The Morgan fingerprint density at radius 3 is 2.40 bits per heavy atom. The Morgan fingerprint density at radius 2 is 1.93 bits per heavy atom. The number of rotatable bonds is 4. The molecule has 1 rings (SSSR count). The van der Waals surface area contributed by atoms with Gasteiger partial charge in [-0.3, -0.25) is 4.79 Å². The maximum atomic E-state index is 11.1. The molecule has 0 aromatic heterocycles. The van der Waals surface area contributed by atoms with Gasteiger partial charge in [0.05, 0.1) is 5.92 Å². The highest BCUT2D eigenvalue weighted by atomic mass is 16.4. The number of hydrogen-bond acceptors (Lipinski definition) is 1. The molecule has 0 radical (unpaired) electrons. The van der Waals surface area contributed by atoms with Gasteiger partial charge in [0.2, 0.25) is 0 Å². The summed E-state index contributed by atoms with van der Waals surface area (Å²) in [6, 6.07) is 9.35. The van der Waals surface area contributed by atoms with Crippen LogP contribution in [0.3, 0.4) is 0 Å². The molecule has 80 valence electrons. The van der Waals surface area contributed by atoms with Gasteiger partial charge in [-0.2, -0.15) is 0 Å². The van der Waals surface area contributed by atoms with Gasteiger partial charge in [0, 0.05) is 0 Å². The first-order valence-electron chi connectivity index (χ1n) is 5.02. The number of hydrogen-bond donors (Lipinski definition) is 1. The molecule has 1 aromatic rings. The van der Waals surface area contributed by atoms with Crippen LogP contribution in [0.25, 0.3) is 0 Å². The quantitative estimate of drug-likeness (QED) is 0.764. The smallest absolute Gasteiger partial charge is 0.311 e. The number of carbonyl (C=O) groups is 1. The molecule has 1 aromatic carbocycles. The first kappa shape index (κ1) is 11.5. The van der Waals surface area contributed by atoms with Gasteiger partial charge in [-0.05, 0) is 25.8 Å². The highest BCUT2D eigenvalue weighted by molar-refractivity contribution is 5.76. The molecule has 1 atom stereocenters. The van der Waals surface area contributed by atoms with E-state index in [-0.39, 0.29) is 0 Å². The lowest BCUT2D eigenvalue weighted by Crippen LogP contribution is -2.10. The standard InChI is InChI=1S/C13H16O2/c1-10(2)8-9-12(13(14)15)11-6-4-3-5-7-11/h3-8,12H,9H2,1-2H3,(H,14,15)/t12-/m1/s1. The van der Waals surface area contributed by atoms with Crippen LogP contribution in [0.4, 0.5) is 0 Å². The molecule has 0 aliphatic carbocycles. The lowest BCUT2D eigenvalue weighted by atomic mass is 9.95. The van der Waals surface area contributed by atoms with Crippen molar-refractivity contribution >= 4 is 5.97 Å². The summed E-state index contributed by atoms with van der Waals surface area (Å²) in [6.07, 6.45) is 2.52. The molecule has 2 nitrogen and oxygen atoms in total. The number of benzene rings is 1. The maximum Gasteiger partial charge on any atom is 0.311 e. The summed E-state index contributed by atoms with van der Waals surface area (Å²) >= 11 is 0. The van der Waals surface area contributed by atoms with Crippen molar-refractivity contribution in [3.63, 3.8) is 0 Å². The van der Waals surface area contributed by atoms with Crippen LogP contribution in [0.1, 0.15) is 31.7 Å². The average Bonchev–Trinajstić information content (AvgIpc) is 2.18. The fourth-order valence-electron chi connectivity index (χ4n) is 1.42. The Bertz CT molecular complexity index is 348. The van der Waals surface area contributed by atoms with E-state index < -0.39 is 11.9 Å². The maximum absolute atomic E-state index is 11.1. The summed E-state index contributed by atoms with van der Waals surface area (Å²) in [7, 11) is 0. The Kier molecular flexibility index (Phi) is 4.10. The fourth-order valence-corrected chi connectivity index (χ4v) is 1.42. The first-order chi connectivity index (χ1) is 7.11. The van der Waals surface area contributed by atoms with Gasteiger partial charge in [0.15, 0.2) is 0 Å².